The highest BCUT2D eigenvalue weighted by Gasteiger charge is 2.11. The second-order valence-electron chi connectivity index (χ2n) is 3.98. The molecule has 0 bridgehead atoms. The van der Waals surface area contributed by atoms with Crippen molar-refractivity contribution in [1.29, 1.82) is 0 Å². The molecule has 0 N–H and O–H groups in total. The number of morpholine rings is 1. The van der Waals surface area contributed by atoms with Gasteiger partial charge in [-0.2, -0.15) is 0 Å². The number of aromatic nitrogens is 3. The molecule has 5 nitrogen and oxygen atoms in total. The van der Waals surface area contributed by atoms with Gasteiger partial charge in [-0.1, -0.05) is 5.21 Å². The van der Waals surface area contributed by atoms with Crippen molar-refractivity contribution in [3.8, 4) is 0 Å². The van der Waals surface area contributed by atoms with Gasteiger partial charge >= 0.3 is 0 Å². The summed E-state index contributed by atoms with van der Waals surface area (Å²) in [5.74, 6) is 0. The van der Waals surface area contributed by atoms with Crippen LogP contribution in [0.5, 0.6) is 0 Å². The van der Waals surface area contributed by atoms with Gasteiger partial charge in [0.1, 0.15) is 5.69 Å². The third-order valence-corrected chi connectivity index (χ3v) is 2.94. The molecule has 90 valence electrons. The van der Waals surface area contributed by atoms with Crippen LogP contribution in [-0.4, -0.2) is 52.7 Å². The molecule has 1 fully saturated rings. The fourth-order valence-electron chi connectivity index (χ4n) is 1.67. The minimum absolute atomic E-state index is 0.0721. The Labute approximate surface area is 100 Å². The number of rotatable bonds is 4. The molecule has 0 saturated carbocycles. The van der Waals surface area contributed by atoms with E-state index in [1.807, 2.05) is 17.8 Å². The molecular formula is C10H17ClN4O. The lowest BCUT2D eigenvalue weighted by molar-refractivity contribution is 0.0359. The van der Waals surface area contributed by atoms with Crippen molar-refractivity contribution >= 4 is 11.6 Å². The average Bonchev–Trinajstić information content (AvgIpc) is 2.76. The number of hydrogen-bond donors (Lipinski definition) is 0. The Kier molecular flexibility index (Phi) is 4.15. The fourth-order valence-corrected chi connectivity index (χ4v) is 1.77. The molecular weight excluding hydrogens is 228 g/mol. The first-order valence-corrected chi connectivity index (χ1v) is 6.03. The van der Waals surface area contributed by atoms with Crippen LogP contribution in [0.2, 0.25) is 0 Å². The zero-order chi connectivity index (χ0) is 11.4. The van der Waals surface area contributed by atoms with Crippen molar-refractivity contribution in [2.24, 2.45) is 0 Å². The number of nitrogens with zero attached hydrogens (tertiary/aromatic N) is 4. The molecule has 0 amide bonds. The van der Waals surface area contributed by atoms with E-state index in [-0.39, 0.29) is 5.38 Å². The number of alkyl halides is 1. The summed E-state index contributed by atoms with van der Waals surface area (Å²) < 4.78 is 7.14. The van der Waals surface area contributed by atoms with Gasteiger partial charge in [-0.15, -0.1) is 16.7 Å². The largest absolute Gasteiger partial charge is 0.379 e. The fraction of sp³-hybridized carbons (Fsp3) is 0.800. The van der Waals surface area contributed by atoms with E-state index in [0.29, 0.717) is 0 Å². The summed E-state index contributed by atoms with van der Waals surface area (Å²) >= 11 is 5.92. The zero-order valence-electron chi connectivity index (χ0n) is 9.47. The van der Waals surface area contributed by atoms with E-state index in [1.54, 1.807) is 0 Å². The molecule has 1 aliphatic heterocycles. The van der Waals surface area contributed by atoms with Crippen molar-refractivity contribution in [3.63, 3.8) is 0 Å². The van der Waals surface area contributed by atoms with E-state index in [9.17, 15) is 0 Å². The molecule has 1 atom stereocenters. The van der Waals surface area contributed by atoms with Crippen LogP contribution in [-0.2, 0) is 11.3 Å². The van der Waals surface area contributed by atoms with Gasteiger partial charge in [0.05, 0.1) is 25.1 Å². The highest BCUT2D eigenvalue weighted by Crippen LogP contribution is 2.15. The van der Waals surface area contributed by atoms with Gasteiger partial charge < -0.3 is 4.74 Å². The Hall–Kier alpha value is -0.650. The zero-order valence-corrected chi connectivity index (χ0v) is 10.2. The van der Waals surface area contributed by atoms with Crippen molar-refractivity contribution in [1.82, 2.24) is 19.9 Å². The van der Waals surface area contributed by atoms with Crippen molar-refractivity contribution in [2.75, 3.05) is 32.8 Å². The third-order valence-electron chi connectivity index (χ3n) is 2.71. The van der Waals surface area contributed by atoms with Crippen molar-refractivity contribution < 1.29 is 4.74 Å². The summed E-state index contributed by atoms with van der Waals surface area (Å²) in [7, 11) is 0. The van der Waals surface area contributed by atoms with Gasteiger partial charge in [-0.05, 0) is 6.92 Å². The summed E-state index contributed by atoms with van der Waals surface area (Å²) in [6.07, 6.45) is 1.91. The van der Waals surface area contributed by atoms with E-state index < -0.39 is 0 Å². The lowest BCUT2D eigenvalue weighted by atomic mass is 10.4. The summed E-state index contributed by atoms with van der Waals surface area (Å²) in [4.78, 5) is 2.37. The first-order chi connectivity index (χ1) is 7.75. The van der Waals surface area contributed by atoms with Gasteiger partial charge in [0.25, 0.3) is 0 Å². The van der Waals surface area contributed by atoms with Crippen molar-refractivity contribution in [2.45, 2.75) is 18.8 Å². The smallest absolute Gasteiger partial charge is 0.100 e. The molecule has 0 radical (unpaired) electrons. The van der Waals surface area contributed by atoms with Crippen LogP contribution < -0.4 is 0 Å². The van der Waals surface area contributed by atoms with E-state index in [4.69, 9.17) is 16.3 Å². The van der Waals surface area contributed by atoms with Gasteiger partial charge in [-0.25, -0.2) is 0 Å². The van der Waals surface area contributed by atoms with Gasteiger partial charge in [0.2, 0.25) is 0 Å². The Bertz CT molecular complexity index is 322. The maximum atomic E-state index is 5.92. The lowest BCUT2D eigenvalue weighted by Crippen LogP contribution is -2.38. The van der Waals surface area contributed by atoms with Crippen LogP contribution >= 0.6 is 11.6 Å². The molecule has 2 rings (SSSR count). The Balaban J connectivity index is 1.79. The molecule has 16 heavy (non-hydrogen) atoms. The summed E-state index contributed by atoms with van der Waals surface area (Å²) in [6.45, 7) is 7.43. The number of hydrogen-bond acceptors (Lipinski definition) is 4. The highest BCUT2D eigenvalue weighted by atomic mass is 35.5. The minimum Gasteiger partial charge on any atom is -0.379 e. The number of halogens is 1. The van der Waals surface area contributed by atoms with E-state index >= 15 is 0 Å². The summed E-state index contributed by atoms with van der Waals surface area (Å²) in [6, 6.07) is 0. The molecule has 1 saturated heterocycles. The first-order valence-electron chi connectivity index (χ1n) is 5.60. The van der Waals surface area contributed by atoms with Crippen LogP contribution in [0.15, 0.2) is 6.20 Å². The monoisotopic (exact) mass is 244 g/mol. The topological polar surface area (TPSA) is 43.2 Å². The van der Waals surface area contributed by atoms with E-state index in [1.165, 1.54) is 0 Å². The van der Waals surface area contributed by atoms with Crippen molar-refractivity contribution in [3.05, 3.63) is 11.9 Å². The molecule has 2 heterocycles. The third kappa shape index (κ3) is 3.17. The van der Waals surface area contributed by atoms with E-state index in [2.05, 4.69) is 15.2 Å². The van der Waals surface area contributed by atoms with E-state index in [0.717, 1.165) is 45.1 Å². The second kappa shape index (κ2) is 5.61. The minimum atomic E-state index is -0.0721. The first kappa shape index (κ1) is 11.8. The highest BCUT2D eigenvalue weighted by molar-refractivity contribution is 6.20. The molecule has 0 spiro atoms. The molecule has 1 aliphatic rings. The van der Waals surface area contributed by atoms with Crippen LogP contribution in [0.1, 0.15) is 18.0 Å². The van der Waals surface area contributed by atoms with Crippen LogP contribution in [0.3, 0.4) is 0 Å². The Morgan fingerprint density at radius 1 is 1.44 bits per heavy atom. The molecule has 1 aromatic rings. The Morgan fingerprint density at radius 2 is 2.19 bits per heavy atom. The molecule has 6 heteroatoms. The van der Waals surface area contributed by atoms with Crippen LogP contribution in [0, 0.1) is 0 Å². The van der Waals surface area contributed by atoms with Crippen LogP contribution in [0.25, 0.3) is 0 Å². The maximum absolute atomic E-state index is 5.92. The normalized spacial score (nSPS) is 19.9. The average molecular weight is 245 g/mol. The molecule has 0 aromatic carbocycles. The maximum Gasteiger partial charge on any atom is 0.100 e. The van der Waals surface area contributed by atoms with Gasteiger partial charge in [-0.3, -0.25) is 9.58 Å². The van der Waals surface area contributed by atoms with Crippen LogP contribution in [0.4, 0.5) is 0 Å². The Morgan fingerprint density at radius 3 is 2.81 bits per heavy atom. The second-order valence-corrected chi connectivity index (χ2v) is 4.63. The standard InChI is InChI=1S/C10H17ClN4O/c1-9(11)10-8-15(13-12-10)3-2-14-4-6-16-7-5-14/h8-9H,2-7H2,1H3. The molecule has 0 aliphatic carbocycles. The predicted molar refractivity (Wildman–Crippen MR) is 61.5 cm³/mol. The summed E-state index contributed by atoms with van der Waals surface area (Å²) in [5.41, 5.74) is 0.837. The number of ether oxygens (including phenoxy) is 1. The SMILES string of the molecule is CC(Cl)c1cn(CCN2CCOCC2)nn1. The molecule has 1 aromatic heterocycles. The van der Waals surface area contributed by atoms with Gasteiger partial charge in [0.15, 0.2) is 0 Å². The quantitative estimate of drug-likeness (QED) is 0.739. The molecule has 1 unspecified atom stereocenters. The van der Waals surface area contributed by atoms with Gasteiger partial charge in [0, 0.05) is 25.8 Å². The lowest BCUT2D eigenvalue weighted by Gasteiger charge is -2.26. The summed E-state index contributed by atoms with van der Waals surface area (Å²) in [5, 5.41) is 7.99. The predicted octanol–water partition coefficient (Wildman–Crippen LogP) is 0.910.